The molecule has 22 nitrogen and oxygen atoms in total. The third-order valence-corrected chi connectivity index (χ3v) is 22.9. The molecule has 4 atom stereocenters. The maximum atomic E-state index is 11.4. The van der Waals surface area contributed by atoms with Gasteiger partial charge in [-0.1, -0.05) is 127 Å². The molecule has 8 N–H and O–H groups in total. The van der Waals surface area contributed by atoms with Crippen LogP contribution in [-0.2, 0) is 50.1 Å². The standard InChI is InChI=1S/2C17H25NO3S.C16H23NO3S.C8H15BO2.C8H10BrNO3S.C7H6BrIO.CH5NO2S/c2*1-21-17-9-8-13(18-22(2,19)20)10-16(17)15-11-14(15)12-6-4-3-5-7-12;1-20-16-11-10-15(17-21(2,18)19)12-14(16)9-8-13-6-4-3-5-7-13;10-9(11)7-6-8-4-2-1-3-5-8;1-13-8-4-3-6(5-7(8)9)10-14(2,11)12;1-10-7-3-2-5(9)4-6(7)8;1-5(2,3)4/h2*8-10,12,14-15,18H,3-7,11H2,1-2H3;8-13,17H,3-7H2,1-2H3;6-8,10-11H,1-5H2;3-5,10H,1-2H3;2-4H,1H3;1H3,(H2,2,3,4)/b;;9-8+;7-6+;;;/t2*14-,15+;;;;;/m10...../s1. The molecular formula is C74H109BBr2IN5O17S5. The summed E-state index contributed by atoms with van der Waals surface area (Å²) in [6, 6.07) is 27.4. The molecule has 5 aromatic rings. The van der Waals surface area contributed by atoms with E-state index in [-0.39, 0.29) is 0 Å². The molecule has 6 fully saturated rings. The number of nitrogens with one attached hydrogen (secondary N) is 4. The lowest BCUT2D eigenvalue weighted by Crippen LogP contribution is -2.11. The average molecular weight is 1800 g/mol. The van der Waals surface area contributed by atoms with Crippen molar-refractivity contribution >= 4 is 141 Å². The number of benzene rings is 5. The zero-order valence-corrected chi connectivity index (χ0v) is 71.4. The van der Waals surface area contributed by atoms with E-state index in [1.165, 1.54) is 163 Å². The fraction of sp³-hybridized carbons (Fsp3) is 0.541. The molecule has 6 saturated carbocycles. The molecule has 0 radical (unpaired) electrons. The summed E-state index contributed by atoms with van der Waals surface area (Å²) in [5.41, 5.74) is 5.54. The summed E-state index contributed by atoms with van der Waals surface area (Å²) in [5, 5.41) is 21.4. The molecular weight excluding hydrogens is 1690 g/mol. The summed E-state index contributed by atoms with van der Waals surface area (Å²) in [7, 11) is -9.22. The lowest BCUT2D eigenvalue weighted by atomic mass is 9.84. The van der Waals surface area contributed by atoms with Crippen molar-refractivity contribution in [2.75, 3.05) is 85.7 Å². The molecule has 0 amide bonds. The van der Waals surface area contributed by atoms with Crippen LogP contribution in [0.4, 0.5) is 22.7 Å². The Kier molecular flexibility index (Phi) is 38.1. The summed E-state index contributed by atoms with van der Waals surface area (Å²) in [5.74, 6) is 11.0. The van der Waals surface area contributed by atoms with Crippen molar-refractivity contribution in [3.63, 3.8) is 0 Å². The van der Waals surface area contributed by atoms with Gasteiger partial charge >= 0.3 is 7.12 Å². The van der Waals surface area contributed by atoms with Crippen molar-refractivity contribution in [2.24, 2.45) is 40.6 Å². The van der Waals surface area contributed by atoms with Gasteiger partial charge in [-0.05, 0) is 242 Å². The molecule has 0 heterocycles. The molecule has 0 spiro atoms. The molecule has 31 heteroatoms. The van der Waals surface area contributed by atoms with Gasteiger partial charge < -0.3 is 33.7 Å². The number of rotatable bonds is 21. The molecule has 5 aromatic carbocycles. The Hall–Kier alpha value is -4.84. The first kappa shape index (κ1) is 90.8. The van der Waals surface area contributed by atoms with Crippen molar-refractivity contribution in [2.45, 2.75) is 153 Å². The second-order valence-electron chi connectivity index (χ2n) is 27.6. The van der Waals surface area contributed by atoms with E-state index in [1.807, 2.05) is 54.6 Å². The average Bonchev–Trinajstić information content (AvgIpc) is 1.63. The van der Waals surface area contributed by atoms with Crippen LogP contribution in [0, 0.1) is 39.1 Å². The van der Waals surface area contributed by atoms with E-state index in [4.69, 9.17) is 33.7 Å². The molecule has 0 aliphatic heterocycles. The van der Waals surface area contributed by atoms with Crippen LogP contribution in [0.1, 0.15) is 170 Å². The van der Waals surface area contributed by atoms with Crippen molar-refractivity contribution in [1.82, 2.24) is 0 Å². The zero-order valence-electron chi connectivity index (χ0n) is 62.0. The van der Waals surface area contributed by atoms with Gasteiger partial charge in [-0.3, -0.25) is 18.9 Å². The van der Waals surface area contributed by atoms with Gasteiger partial charge in [-0.25, -0.2) is 47.2 Å². The number of hydrogen-bond donors (Lipinski definition) is 7. The van der Waals surface area contributed by atoms with Crippen LogP contribution in [0.2, 0.25) is 0 Å². The van der Waals surface area contributed by atoms with E-state index in [2.05, 4.69) is 84.6 Å². The molecule has 105 heavy (non-hydrogen) atoms. The first-order valence-electron chi connectivity index (χ1n) is 35.4. The van der Waals surface area contributed by atoms with Gasteiger partial charge in [0.2, 0.25) is 50.1 Å². The van der Waals surface area contributed by atoms with Crippen LogP contribution in [0.25, 0.3) is 6.08 Å². The summed E-state index contributed by atoms with van der Waals surface area (Å²) in [6.45, 7) is 0. The van der Waals surface area contributed by atoms with Gasteiger partial charge in [0, 0.05) is 31.9 Å². The fourth-order valence-corrected chi connectivity index (χ4v) is 18.0. The van der Waals surface area contributed by atoms with Gasteiger partial charge in [0.05, 0.1) is 75.8 Å². The molecule has 0 saturated heterocycles. The minimum absolute atomic E-state index is 0.500. The third kappa shape index (κ3) is 36.5. The van der Waals surface area contributed by atoms with E-state index in [1.54, 1.807) is 84.1 Å². The monoisotopic (exact) mass is 1800 g/mol. The third-order valence-electron chi connectivity index (χ3n) is 18.6. The van der Waals surface area contributed by atoms with E-state index in [0.29, 0.717) is 56.6 Å². The minimum atomic E-state index is -3.26. The van der Waals surface area contributed by atoms with Gasteiger partial charge in [-0.2, -0.15) is 0 Å². The maximum absolute atomic E-state index is 11.4. The molecule has 0 aromatic heterocycles. The van der Waals surface area contributed by atoms with Crippen LogP contribution >= 0.6 is 54.5 Å². The SMILES string of the molecule is COc1ccc(I)cc1Br.COc1ccc(NS(C)(=O)=O)cc1/C=C/C1CCCCC1.COc1ccc(NS(C)(=O)=O)cc1Br.COc1ccc(NS(C)(=O)=O)cc1[C@@H]1C[C@H]1C1CCCCC1.COc1ccc(NS(C)(=O)=O)cc1[C@H]1C[C@@H]1C1CCCCC1.CS(N)(=O)=O.OB(O)/C=C/C1CCCCC1. The Morgan fingerprint density at radius 3 is 1.07 bits per heavy atom. The van der Waals surface area contributed by atoms with Crippen LogP contribution < -0.4 is 47.7 Å². The Morgan fingerprint density at radius 1 is 0.429 bits per heavy atom. The van der Waals surface area contributed by atoms with Gasteiger partial charge in [-0.15, -0.1) is 0 Å². The Labute approximate surface area is 657 Å². The highest BCUT2D eigenvalue weighted by Gasteiger charge is 2.46. The van der Waals surface area contributed by atoms with Crippen LogP contribution in [0.3, 0.4) is 0 Å². The molecule has 0 bridgehead atoms. The molecule has 0 unspecified atom stereocenters. The number of halogens is 3. The number of hydrogen-bond acceptors (Lipinski definition) is 17. The van der Waals surface area contributed by atoms with E-state index in [0.717, 1.165) is 86.6 Å². The highest BCUT2D eigenvalue weighted by molar-refractivity contribution is 14.1. The largest absolute Gasteiger partial charge is 0.496 e. The van der Waals surface area contributed by atoms with Gasteiger partial charge in [0.15, 0.2) is 0 Å². The van der Waals surface area contributed by atoms with Crippen LogP contribution in [0.5, 0.6) is 28.7 Å². The molecule has 6 aliphatic carbocycles. The van der Waals surface area contributed by atoms with E-state index in [9.17, 15) is 42.1 Å². The van der Waals surface area contributed by atoms with Crippen LogP contribution in [-0.4, -0.2) is 126 Å². The number of nitrogens with two attached hydrogens (primary N) is 1. The first-order valence-corrected chi connectivity index (χ1v) is 47.5. The zero-order chi connectivity index (χ0) is 77.7. The molecule has 6 aliphatic rings. The lowest BCUT2D eigenvalue weighted by Gasteiger charge is -2.22. The quantitative estimate of drug-likeness (QED) is 0.0265. The second-order valence-corrected chi connectivity index (χ2v) is 39.2. The first-order chi connectivity index (χ1) is 49.4. The van der Waals surface area contributed by atoms with Gasteiger partial charge in [0.1, 0.15) is 28.7 Å². The van der Waals surface area contributed by atoms with Crippen LogP contribution in [0.15, 0.2) is 118 Å². The van der Waals surface area contributed by atoms with Crippen molar-refractivity contribution in [3.05, 3.63) is 138 Å². The second kappa shape index (κ2) is 44.1. The number of primary sulfonamides is 1. The highest BCUT2D eigenvalue weighted by Crippen LogP contribution is 2.59. The number of anilines is 4. The topological polar surface area (TPSA) is 331 Å². The van der Waals surface area contributed by atoms with Crippen molar-refractivity contribution in [3.8, 4) is 28.7 Å². The molecule has 11 rings (SSSR count). The Balaban J connectivity index is 0.000000228. The predicted octanol–water partition coefficient (Wildman–Crippen LogP) is 16.1. The fourth-order valence-electron chi connectivity index (χ4n) is 13.8. The normalized spacial score (nSPS) is 19.3. The maximum Gasteiger partial charge on any atom is 0.480 e. The van der Waals surface area contributed by atoms with Gasteiger partial charge in [0.25, 0.3) is 0 Å². The summed E-state index contributed by atoms with van der Waals surface area (Å²) in [6.07, 6.45) is 40.5. The van der Waals surface area contributed by atoms with E-state index >= 15 is 0 Å². The minimum Gasteiger partial charge on any atom is -0.496 e. The summed E-state index contributed by atoms with van der Waals surface area (Å²) >= 11 is 8.89. The number of ether oxygens (including phenoxy) is 5. The highest BCUT2D eigenvalue weighted by atomic mass is 127. The number of sulfonamides is 5. The smallest absolute Gasteiger partial charge is 0.480 e. The lowest BCUT2D eigenvalue weighted by molar-refractivity contribution is 0.317. The van der Waals surface area contributed by atoms with Crippen molar-refractivity contribution in [1.29, 1.82) is 0 Å². The predicted molar refractivity (Wildman–Crippen MR) is 442 cm³/mol. The number of methoxy groups -OCH3 is 5. The van der Waals surface area contributed by atoms with E-state index < -0.39 is 57.2 Å². The van der Waals surface area contributed by atoms with Crippen molar-refractivity contribution < 1.29 is 75.8 Å². The Bertz CT molecular complexity index is 4080. The summed E-state index contributed by atoms with van der Waals surface area (Å²) < 4.78 is 148. The number of allylic oxidation sites excluding steroid dienone is 2. The Morgan fingerprint density at radius 2 is 0.733 bits per heavy atom. The summed E-state index contributed by atoms with van der Waals surface area (Å²) in [4.78, 5) is 0. The molecule has 586 valence electrons.